The van der Waals surface area contributed by atoms with Gasteiger partial charge in [-0.05, 0) is 24.3 Å². The average Bonchev–Trinajstić information content (AvgIpc) is 2.87. The minimum absolute atomic E-state index is 0.210. The van der Waals surface area contributed by atoms with Crippen LogP contribution in [0.25, 0.3) is 17.1 Å². The molecule has 6 heteroatoms. The summed E-state index contributed by atoms with van der Waals surface area (Å²) in [5, 5.41) is 0. The first kappa shape index (κ1) is 20.0. The number of hydrogen-bond acceptors (Lipinski definition) is 5. The van der Waals surface area contributed by atoms with Crippen molar-refractivity contribution in [1.29, 1.82) is 0 Å². The molecular formula is C26H23N3O3. The number of aromatic nitrogens is 2. The summed E-state index contributed by atoms with van der Waals surface area (Å²) < 4.78 is 13.3. The van der Waals surface area contributed by atoms with Crippen LogP contribution in [0.1, 0.15) is 0 Å². The quantitative estimate of drug-likeness (QED) is 0.470. The monoisotopic (exact) mass is 425 g/mol. The molecule has 1 aromatic heterocycles. The molecule has 4 aromatic rings. The predicted molar refractivity (Wildman–Crippen MR) is 125 cm³/mol. The molecule has 0 amide bonds. The van der Waals surface area contributed by atoms with Crippen LogP contribution >= 0.6 is 0 Å². The first-order valence-electron chi connectivity index (χ1n) is 10.6. The smallest absolute Gasteiger partial charge is 0.303 e. The summed E-state index contributed by atoms with van der Waals surface area (Å²) in [4.78, 5) is 21.0. The molecule has 1 fully saturated rings. The topological polar surface area (TPSA) is 56.6 Å². The second kappa shape index (κ2) is 9.08. The van der Waals surface area contributed by atoms with Gasteiger partial charge in [0.05, 0.1) is 18.9 Å². The van der Waals surface area contributed by atoms with Gasteiger partial charge in [0.15, 0.2) is 5.82 Å². The third-order valence-electron chi connectivity index (χ3n) is 5.34. The molecule has 1 aliphatic rings. The van der Waals surface area contributed by atoms with Crippen molar-refractivity contribution >= 4 is 5.82 Å². The Balaban J connectivity index is 1.77. The minimum Gasteiger partial charge on any atom is -0.448 e. The standard InChI is InChI=1S/C26H23N3O3/c30-26-23(32-22-14-8-3-9-15-22)25(28-16-18-31-19-17-28)27-24(20-10-4-1-5-11-20)29(26)21-12-6-2-7-13-21/h1-15H,16-19H2. The maximum atomic E-state index is 14.0. The molecule has 32 heavy (non-hydrogen) atoms. The van der Waals surface area contributed by atoms with E-state index in [1.807, 2.05) is 91.0 Å². The highest BCUT2D eigenvalue weighted by Gasteiger charge is 2.25. The average molecular weight is 425 g/mol. The number of hydrogen-bond donors (Lipinski definition) is 0. The molecule has 0 saturated carbocycles. The van der Waals surface area contributed by atoms with Crippen molar-refractivity contribution in [2.75, 3.05) is 31.2 Å². The molecule has 0 aliphatic carbocycles. The van der Waals surface area contributed by atoms with Crippen LogP contribution in [-0.2, 0) is 4.74 Å². The molecule has 0 spiro atoms. The maximum Gasteiger partial charge on any atom is 0.303 e. The largest absolute Gasteiger partial charge is 0.448 e. The van der Waals surface area contributed by atoms with E-state index in [0.29, 0.717) is 43.7 Å². The molecule has 0 atom stereocenters. The lowest BCUT2D eigenvalue weighted by Gasteiger charge is -2.30. The normalized spacial score (nSPS) is 13.7. The van der Waals surface area contributed by atoms with Gasteiger partial charge < -0.3 is 14.4 Å². The zero-order valence-electron chi connectivity index (χ0n) is 17.6. The predicted octanol–water partition coefficient (Wildman–Crippen LogP) is 4.53. The van der Waals surface area contributed by atoms with Crippen molar-refractivity contribution in [2.45, 2.75) is 0 Å². The van der Waals surface area contributed by atoms with Crippen LogP contribution in [0.4, 0.5) is 5.82 Å². The lowest BCUT2D eigenvalue weighted by atomic mass is 10.2. The van der Waals surface area contributed by atoms with Gasteiger partial charge in [-0.1, -0.05) is 66.7 Å². The van der Waals surface area contributed by atoms with Crippen LogP contribution < -0.4 is 15.2 Å². The molecule has 0 radical (unpaired) electrons. The zero-order chi connectivity index (χ0) is 21.8. The van der Waals surface area contributed by atoms with E-state index in [-0.39, 0.29) is 11.3 Å². The van der Waals surface area contributed by atoms with Crippen LogP contribution in [0.5, 0.6) is 11.5 Å². The highest BCUT2D eigenvalue weighted by molar-refractivity contribution is 5.65. The van der Waals surface area contributed by atoms with E-state index in [1.165, 1.54) is 0 Å². The van der Waals surface area contributed by atoms with E-state index in [4.69, 9.17) is 14.5 Å². The van der Waals surface area contributed by atoms with Gasteiger partial charge in [0, 0.05) is 18.7 Å². The van der Waals surface area contributed by atoms with Crippen molar-refractivity contribution < 1.29 is 9.47 Å². The van der Waals surface area contributed by atoms with Gasteiger partial charge in [-0.25, -0.2) is 4.98 Å². The van der Waals surface area contributed by atoms with E-state index >= 15 is 0 Å². The minimum atomic E-state index is -0.254. The number of benzene rings is 3. The molecule has 1 aliphatic heterocycles. The van der Waals surface area contributed by atoms with E-state index in [2.05, 4.69) is 4.90 Å². The zero-order valence-corrected chi connectivity index (χ0v) is 17.6. The molecule has 0 unspecified atom stereocenters. The van der Waals surface area contributed by atoms with Gasteiger partial charge in [0.2, 0.25) is 5.75 Å². The van der Waals surface area contributed by atoms with Gasteiger partial charge in [-0.3, -0.25) is 9.36 Å². The summed E-state index contributed by atoms with van der Waals surface area (Å²) in [6.45, 7) is 2.44. The Morgan fingerprint density at radius 2 is 1.38 bits per heavy atom. The second-order valence-electron chi connectivity index (χ2n) is 7.44. The molecule has 160 valence electrons. The summed E-state index contributed by atoms with van der Waals surface area (Å²) >= 11 is 0. The van der Waals surface area contributed by atoms with E-state index < -0.39 is 0 Å². The highest BCUT2D eigenvalue weighted by Crippen LogP contribution is 2.32. The van der Waals surface area contributed by atoms with Crippen LogP contribution in [0.2, 0.25) is 0 Å². The van der Waals surface area contributed by atoms with Gasteiger partial charge >= 0.3 is 5.56 Å². The molecule has 3 aromatic carbocycles. The highest BCUT2D eigenvalue weighted by atomic mass is 16.5. The van der Waals surface area contributed by atoms with Crippen molar-refractivity contribution in [2.24, 2.45) is 0 Å². The van der Waals surface area contributed by atoms with Crippen LogP contribution in [0.3, 0.4) is 0 Å². The number of morpholine rings is 1. The van der Waals surface area contributed by atoms with Crippen molar-refractivity contribution in [1.82, 2.24) is 9.55 Å². The summed E-state index contributed by atoms with van der Waals surface area (Å²) in [5.41, 5.74) is 1.33. The molecule has 1 saturated heterocycles. The summed E-state index contributed by atoms with van der Waals surface area (Å²) in [6.07, 6.45) is 0. The number of nitrogens with zero attached hydrogens (tertiary/aromatic N) is 3. The Kier molecular flexibility index (Phi) is 5.68. The number of rotatable bonds is 5. The summed E-state index contributed by atoms with van der Waals surface area (Å²) in [7, 11) is 0. The fourth-order valence-electron chi connectivity index (χ4n) is 3.78. The second-order valence-corrected chi connectivity index (χ2v) is 7.44. The number of anilines is 1. The number of para-hydroxylation sites is 2. The summed E-state index contributed by atoms with van der Waals surface area (Å²) in [5.74, 6) is 1.91. The Morgan fingerprint density at radius 1 is 0.781 bits per heavy atom. The van der Waals surface area contributed by atoms with Gasteiger partial charge in [0.25, 0.3) is 0 Å². The molecule has 2 heterocycles. The third kappa shape index (κ3) is 4.00. The lowest BCUT2D eigenvalue weighted by molar-refractivity contribution is 0.122. The van der Waals surface area contributed by atoms with Crippen molar-refractivity contribution in [3.63, 3.8) is 0 Å². The van der Waals surface area contributed by atoms with Crippen LogP contribution in [0, 0.1) is 0 Å². The Hall–Kier alpha value is -3.90. The molecule has 0 bridgehead atoms. The molecule has 5 rings (SSSR count). The van der Waals surface area contributed by atoms with Gasteiger partial charge in [-0.2, -0.15) is 0 Å². The van der Waals surface area contributed by atoms with Crippen LogP contribution in [0.15, 0.2) is 95.8 Å². The van der Waals surface area contributed by atoms with E-state index in [9.17, 15) is 4.79 Å². The molecule has 6 nitrogen and oxygen atoms in total. The third-order valence-corrected chi connectivity index (χ3v) is 5.34. The van der Waals surface area contributed by atoms with Crippen LogP contribution in [-0.4, -0.2) is 35.9 Å². The number of ether oxygens (including phenoxy) is 2. The first-order valence-corrected chi connectivity index (χ1v) is 10.6. The molecule has 0 N–H and O–H groups in total. The fourth-order valence-corrected chi connectivity index (χ4v) is 3.78. The van der Waals surface area contributed by atoms with Gasteiger partial charge in [-0.15, -0.1) is 0 Å². The van der Waals surface area contributed by atoms with Gasteiger partial charge in [0.1, 0.15) is 11.6 Å². The first-order chi connectivity index (χ1) is 15.8. The Labute approximate surface area is 186 Å². The summed E-state index contributed by atoms with van der Waals surface area (Å²) in [6, 6.07) is 28.6. The molecular weight excluding hydrogens is 402 g/mol. The SMILES string of the molecule is O=c1c(Oc2ccccc2)c(N2CCOCC2)nc(-c2ccccc2)n1-c1ccccc1. The van der Waals surface area contributed by atoms with E-state index in [1.54, 1.807) is 4.57 Å². The fraction of sp³-hybridized carbons (Fsp3) is 0.154. The Morgan fingerprint density at radius 3 is 2.03 bits per heavy atom. The maximum absolute atomic E-state index is 14.0. The van der Waals surface area contributed by atoms with Crippen molar-refractivity contribution in [3.05, 3.63) is 101 Å². The van der Waals surface area contributed by atoms with Crippen molar-refractivity contribution in [3.8, 4) is 28.6 Å². The Bertz CT molecular complexity index is 1240. The van der Waals surface area contributed by atoms with E-state index in [0.717, 1.165) is 11.3 Å². The lowest BCUT2D eigenvalue weighted by Crippen LogP contribution is -2.38.